The topological polar surface area (TPSA) is 58.4 Å². The van der Waals surface area contributed by atoms with Gasteiger partial charge in [0.25, 0.3) is 5.89 Å². The van der Waals surface area contributed by atoms with E-state index in [-0.39, 0.29) is 17.8 Å². The Morgan fingerprint density at radius 1 is 1.23 bits per heavy atom. The lowest BCUT2D eigenvalue weighted by atomic mass is 9.84. The molecular formula is C17H19N3O2. The maximum absolute atomic E-state index is 12.3. The first-order valence-electron chi connectivity index (χ1n) is 7.84. The molecule has 5 heteroatoms. The molecule has 2 aromatic rings. The van der Waals surface area contributed by atoms with Gasteiger partial charge in [0.1, 0.15) is 0 Å². The fraction of sp³-hybridized carbons (Fsp3) is 0.412. The first-order chi connectivity index (χ1) is 10.8. The highest BCUT2D eigenvalue weighted by Gasteiger charge is 2.35. The zero-order chi connectivity index (χ0) is 14.9. The Labute approximate surface area is 129 Å². The van der Waals surface area contributed by atoms with Crippen molar-refractivity contribution in [3.8, 4) is 11.3 Å². The minimum atomic E-state index is -0.207. The molecule has 0 spiro atoms. The number of carbonyl (C=O) groups excluding carboxylic acids is 1. The third kappa shape index (κ3) is 2.52. The molecule has 1 aromatic carbocycles. The van der Waals surface area contributed by atoms with Gasteiger partial charge in [-0.3, -0.25) is 4.79 Å². The standard InChI is InChI=1S/C17H19N3O2/c21-16(19-14-11-20-8-6-12(14)7-9-20)17-18-10-15(22-17)13-4-2-1-3-5-13/h1-5,10,12,14H,6-9,11H2,(H,19,21). The zero-order valence-corrected chi connectivity index (χ0v) is 12.4. The summed E-state index contributed by atoms with van der Waals surface area (Å²) in [6.07, 6.45) is 3.96. The summed E-state index contributed by atoms with van der Waals surface area (Å²) in [7, 11) is 0. The maximum Gasteiger partial charge on any atom is 0.307 e. The molecule has 1 unspecified atom stereocenters. The average molecular weight is 297 g/mol. The van der Waals surface area contributed by atoms with Gasteiger partial charge >= 0.3 is 5.91 Å². The Hall–Kier alpha value is -2.14. The summed E-state index contributed by atoms with van der Waals surface area (Å²) in [6, 6.07) is 9.92. The summed E-state index contributed by atoms with van der Waals surface area (Å²) < 4.78 is 5.62. The fourth-order valence-corrected chi connectivity index (χ4v) is 3.47. The lowest BCUT2D eigenvalue weighted by Gasteiger charge is -2.44. The second-order valence-electron chi connectivity index (χ2n) is 6.11. The molecule has 0 saturated carbocycles. The van der Waals surface area contributed by atoms with E-state index in [1.54, 1.807) is 6.20 Å². The molecule has 4 heterocycles. The van der Waals surface area contributed by atoms with Crippen molar-refractivity contribution < 1.29 is 9.21 Å². The van der Waals surface area contributed by atoms with Crippen LogP contribution in [0.2, 0.25) is 0 Å². The summed E-state index contributed by atoms with van der Waals surface area (Å²) >= 11 is 0. The number of piperidine rings is 3. The summed E-state index contributed by atoms with van der Waals surface area (Å²) in [5, 5.41) is 3.09. The second-order valence-corrected chi connectivity index (χ2v) is 6.11. The first kappa shape index (κ1) is 13.5. The molecule has 3 aliphatic heterocycles. The number of hydrogen-bond donors (Lipinski definition) is 1. The third-order valence-electron chi connectivity index (χ3n) is 4.73. The van der Waals surface area contributed by atoms with Crippen molar-refractivity contribution in [3.63, 3.8) is 0 Å². The van der Waals surface area contributed by atoms with Crippen LogP contribution in [0.3, 0.4) is 0 Å². The molecule has 3 saturated heterocycles. The van der Waals surface area contributed by atoms with Crippen molar-refractivity contribution in [2.24, 2.45) is 5.92 Å². The number of amides is 1. The van der Waals surface area contributed by atoms with Gasteiger partial charge in [-0.05, 0) is 31.8 Å². The molecule has 5 nitrogen and oxygen atoms in total. The van der Waals surface area contributed by atoms with Crippen molar-refractivity contribution in [3.05, 3.63) is 42.4 Å². The van der Waals surface area contributed by atoms with Crippen LogP contribution in [0.4, 0.5) is 0 Å². The van der Waals surface area contributed by atoms with Gasteiger partial charge in [0.05, 0.1) is 6.20 Å². The van der Waals surface area contributed by atoms with Crippen LogP contribution in [0.25, 0.3) is 11.3 Å². The van der Waals surface area contributed by atoms with Crippen LogP contribution in [0.1, 0.15) is 23.5 Å². The number of benzene rings is 1. The highest BCUT2D eigenvalue weighted by molar-refractivity contribution is 5.90. The quantitative estimate of drug-likeness (QED) is 0.943. The van der Waals surface area contributed by atoms with Crippen LogP contribution in [-0.2, 0) is 0 Å². The smallest absolute Gasteiger partial charge is 0.307 e. The van der Waals surface area contributed by atoms with Crippen molar-refractivity contribution in [2.75, 3.05) is 19.6 Å². The Balaban J connectivity index is 1.46. The molecule has 0 radical (unpaired) electrons. The number of fused-ring (bicyclic) bond motifs is 3. The molecular weight excluding hydrogens is 278 g/mol. The van der Waals surface area contributed by atoms with Crippen molar-refractivity contribution in [2.45, 2.75) is 18.9 Å². The summed E-state index contributed by atoms with van der Waals surface area (Å²) in [5.74, 6) is 1.16. The van der Waals surface area contributed by atoms with E-state index in [9.17, 15) is 4.79 Å². The van der Waals surface area contributed by atoms with Gasteiger partial charge in [0, 0.05) is 18.2 Å². The van der Waals surface area contributed by atoms with Gasteiger partial charge in [-0.1, -0.05) is 30.3 Å². The molecule has 114 valence electrons. The van der Waals surface area contributed by atoms with E-state index in [4.69, 9.17) is 4.42 Å². The molecule has 5 rings (SSSR count). The van der Waals surface area contributed by atoms with E-state index in [2.05, 4.69) is 15.2 Å². The lowest BCUT2D eigenvalue weighted by molar-refractivity contribution is 0.0602. The van der Waals surface area contributed by atoms with Crippen molar-refractivity contribution >= 4 is 5.91 Å². The van der Waals surface area contributed by atoms with Gasteiger partial charge < -0.3 is 14.6 Å². The third-order valence-corrected chi connectivity index (χ3v) is 4.73. The van der Waals surface area contributed by atoms with Gasteiger partial charge in [-0.15, -0.1) is 0 Å². The molecule has 2 bridgehead atoms. The van der Waals surface area contributed by atoms with Crippen LogP contribution >= 0.6 is 0 Å². The number of hydrogen-bond acceptors (Lipinski definition) is 4. The summed E-state index contributed by atoms with van der Waals surface area (Å²) in [4.78, 5) is 18.9. The Morgan fingerprint density at radius 3 is 2.68 bits per heavy atom. The number of oxazole rings is 1. The predicted octanol–water partition coefficient (Wildman–Crippen LogP) is 2.17. The van der Waals surface area contributed by atoms with Crippen LogP contribution in [-0.4, -0.2) is 41.5 Å². The molecule has 22 heavy (non-hydrogen) atoms. The number of nitrogens with zero attached hydrogens (tertiary/aromatic N) is 2. The van der Waals surface area contributed by atoms with Gasteiger partial charge in [-0.25, -0.2) is 4.98 Å². The van der Waals surface area contributed by atoms with E-state index < -0.39 is 0 Å². The minimum absolute atomic E-state index is 0.148. The van der Waals surface area contributed by atoms with Crippen LogP contribution < -0.4 is 5.32 Å². The second kappa shape index (κ2) is 5.57. The van der Waals surface area contributed by atoms with Gasteiger partial charge in [0.15, 0.2) is 5.76 Å². The van der Waals surface area contributed by atoms with Crippen LogP contribution in [0.5, 0.6) is 0 Å². The predicted molar refractivity (Wildman–Crippen MR) is 82.4 cm³/mol. The van der Waals surface area contributed by atoms with Crippen molar-refractivity contribution in [1.29, 1.82) is 0 Å². The van der Waals surface area contributed by atoms with E-state index in [1.807, 2.05) is 30.3 Å². The fourth-order valence-electron chi connectivity index (χ4n) is 3.47. The summed E-state index contributed by atoms with van der Waals surface area (Å²) in [5.41, 5.74) is 0.928. The van der Waals surface area contributed by atoms with Crippen molar-refractivity contribution in [1.82, 2.24) is 15.2 Å². The highest BCUT2D eigenvalue weighted by atomic mass is 16.4. The first-order valence-corrected chi connectivity index (χ1v) is 7.84. The maximum atomic E-state index is 12.3. The Morgan fingerprint density at radius 2 is 2.00 bits per heavy atom. The van der Waals surface area contributed by atoms with E-state index >= 15 is 0 Å². The highest BCUT2D eigenvalue weighted by Crippen LogP contribution is 2.28. The molecule has 3 aliphatic rings. The van der Waals surface area contributed by atoms with Gasteiger partial charge in [-0.2, -0.15) is 0 Å². The minimum Gasteiger partial charge on any atom is -0.432 e. The average Bonchev–Trinajstić information content (AvgIpc) is 3.07. The largest absolute Gasteiger partial charge is 0.432 e. The Kier molecular flexibility index (Phi) is 3.42. The number of aromatic nitrogens is 1. The number of carbonyl (C=O) groups is 1. The molecule has 0 aliphatic carbocycles. The summed E-state index contributed by atoms with van der Waals surface area (Å²) in [6.45, 7) is 3.27. The molecule has 3 fully saturated rings. The van der Waals surface area contributed by atoms with Gasteiger partial charge in [0.2, 0.25) is 0 Å². The molecule has 1 aromatic heterocycles. The van der Waals surface area contributed by atoms with E-state index in [0.717, 1.165) is 25.2 Å². The molecule has 1 amide bonds. The number of nitrogens with one attached hydrogen (secondary N) is 1. The molecule has 1 atom stereocenters. The van der Waals surface area contributed by atoms with E-state index in [0.29, 0.717) is 11.7 Å². The normalized spacial score (nSPS) is 26.8. The Bertz CT molecular complexity index is 660. The molecule has 1 N–H and O–H groups in total. The number of rotatable bonds is 3. The van der Waals surface area contributed by atoms with Crippen LogP contribution in [0.15, 0.2) is 40.9 Å². The van der Waals surface area contributed by atoms with E-state index in [1.165, 1.54) is 12.8 Å². The monoisotopic (exact) mass is 297 g/mol. The zero-order valence-electron chi connectivity index (χ0n) is 12.4. The SMILES string of the molecule is O=C(NC1CN2CCC1CC2)c1ncc(-c2ccccc2)o1. The lowest BCUT2D eigenvalue weighted by Crippen LogP contribution is -2.57. The van der Waals surface area contributed by atoms with Crippen LogP contribution in [0, 0.1) is 5.92 Å².